The maximum absolute atomic E-state index is 12.0. The number of nitrogens with zero attached hydrogens (tertiary/aromatic N) is 1. The van der Waals surface area contributed by atoms with E-state index in [4.69, 9.17) is 0 Å². The Kier molecular flexibility index (Phi) is 5.85. The number of aryl methyl sites for hydroxylation is 1. The zero-order valence-electron chi connectivity index (χ0n) is 11.1. The first kappa shape index (κ1) is 14.7. The van der Waals surface area contributed by atoms with Crippen molar-refractivity contribution in [2.75, 3.05) is 20.7 Å². The molecule has 1 rings (SSSR count). The van der Waals surface area contributed by atoms with Gasteiger partial charge in [0, 0.05) is 24.9 Å². The topological polar surface area (TPSA) is 46.6 Å². The lowest BCUT2D eigenvalue weighted by molar-refractivity contribution is -0.140. The van der Waals surface area contributed by atoms with Gasteiger partial charge in [0.25, 0.3) is 5.91 Å². The molecule has 0 radical (unpaired) electrons. The Morgan fingerprint density at radius 1 is 1.39 bits per heavy atom. The van der Waals surface area contributed by atoms with Gasteiger partial charge in [0.05, 0.1) is 12.0 Å². The molecule has 0 saturated heterocycles. The van der Waals surface area contributed by atoms with E-state index < -0.39 is 0 Å². The van der Waals surface area contributed by atoms with Gasteiger partial charge in [0.1, 0.15) is 0 Å². The largest absolute Gasteiger partial charge is 0.469 e. The van der Waals surface area contributed by atoms with E-state index >= 15 is 0 Å². The first-order chi connectivity index (χ1) is 8.58. The summed E-state index contributed by atoms with van der Waals surface area (Å²) in [7, 11) is 3.13. The van der Waals surface area contributed by atoms with Crippen LogP contribution in [0.25, 0.3) is 0 Å². The Balaban J connectivity index is 2.43. The van der Waals surface area contributed by atoms with Crippen molar-refractivity contribution in [2.45, 2.75) is 26.2 Å². The molecule has 18 heavy (non-hydrogen) atoms. The number of thiophene rings is 1. The lowest BCUT2D eigenvalue weighted by Crippen LogP contribution is -2.27. The molecule has 0 aliphatic heterocycles. The van der Waals surface area contributed by atoms with Gasteiger partial charge in [0.15, 0.2) is 0 Å². The molecule has 0 N–H and O–H groups in total. The molecule has 100 valence electrons. The first-order valence-electron chi connectivity index (χ1n) is 5.99. The summed E-state index contributed by atoms with van der Waals surface area (Å²) in [4.78, 5) is 26.6. The molecule has 0 saturated carbocycles. The van der Waals surface area contributed by atoms with Crippen LogP contribution >= 0.6 is 11.3 Å². The minimum atomic E-state index is -0.236. The van der Waals surface area contributed by atoms with Gasteiger partial charge in [-0.3, -0.25) is 9.59 Å². The first-order valence-corrected chi connectivity index (χ1v) is 6.81. The molecule has 0 bridgehead atoms. The van der Waals surface area contributed by atoms with Crippen LogP contribution in [-0.2, 0) is 16.0 Å². The summed E-state index contributed by atoms with van der Waals surface area (Å²) in [6.07, 6.45) is 1.92. The van der Waals surface area contributed by atoms with Crippen molar-refractivity contribution < 1.29 is 14.3 Å². The molecule has 0 aliphatic carbocycles. The zero-order valence-corrected chi connectivity index (χ0v) is 11.9. The molecule has 1 aromatic rings. The van der Waals surface area contributed by atoms with Gasteiger partial charge >= 0.3 is 5.97 Å². The Morgan fingerprint density at radius 3 is 2.67 bits per heavy atom. The summed E-state index contributed by atoms with van der Waals surface area (Å²) in [5.74, 6) is -0.218. The van der Waals surface area contributed by atoms with Crippen molar-refractivity contribution in [3.8, 4) is 0 Å². The number of esters is 1. The quantitative estimate of drug-likeness (QED) is 0.745. The fourth-order valence-electron chi connectivity index (χ4n) is 1.54. The van der Waals surface area contributed by atoms with Crippen molar-refractivity contribution in [2.24, 2.45) is 0 Å². The van der Waals surface area contributed by atoms with Crippen LogP contribution in [0.4, 0.5) is 0 Å². The highest BCUT2D eigenvalue weighted by Crippen LogP contribution is 2.18. The van der Waals surface area contributed by atoms with E-state index in [0.29, 0.717) is 19.4 Å². The number of ether oxygens (including phenoxy) is 1. The van der Waals surface area contributed by atoms with E-state index in [9.17, 15) is 9.59 Å². The molecule has 0 aliphatic rings. The minimum absolute atomic E-state index is 0.0181. The molecular formula is C13H19NO3S. The molecule has 4 nitrogen and oxygen atoms in total. The summed E-state index contributed by atoms with van der Waals surface area (Å²) in [5.41, 5.74) is 0. The fourth-order valence-corrected chi connectivity index (χ4v) is 2.48. The predicted octanol–water partition coefficient (Wildman–Crippen LogP) is 2.34. The number of amides is 1. The van der Waals surface area contributed by atoms with E-state index in [-0.39, 0.29) is 11.9 Å². The summed E-state index contributed by atoms with van der Waals surface area (Å²) in [6.45, 7) is 2.63. The van der Waals surface area contributed by atoms with Gasteiger partial charge in [0.2, 0.25) is 0 Å². The van der Waals surface area contributed by atoms with Crippen LogP contribution in [0.5, 0.6) is 0 Å². The highest BCUT2D eigenvalue weighted by Gasteiger charge is 2.14. The molecule has 0 unspecified atom stereocenters. The molecule has 0 atom stereocenters. The lowest BCUT2D eigenvalue weighted by Gasteiger charge is -2.15. The van der Waals surface area contributed by atoms with Gasteiger partial charge in [-0.1, -0.05) is 6.92 Å². The van der Waals surface area contributed by atoms with Gasteiger partial charge in [-0.2, -0.15) is 0 Å². The second-order valence-electron chi connectivity index (χ2n) is 4.03. The van der Waals surface area contributed by atoms with Crippen molar-refractivity contribution in [3.63, 3.8) is 0 Å². The number of hydrogen-bond donors (Lipinski definition) is 0. The summed E-state index contributed by atoms with van der Waals surface area (Å²) >= 11 is 1.53. The van der Waals surface area contributed by atoms with Gasteiger partial charge < -0.3 is 9.64 Å². The van der Waals surface area contributed by atoms with Gasteiger partial charge in [-0.05, 0) is 25.0 Å². The standard InChI is InChI=1S/C13H19NO3S/c1-4-10-7-8-11(18-10)13(16)14(2)9-5-6-12(15)17-3/h7-8H,4-6,9H2,1-3H3. The molecule has 0 aromatic carbocycles. The van der Waals surface area contributed by atoms with Crippen molar-refractivity contribution in [1.29, 1.82) is 0 Å². The normalized spacial score (nSPS) is 10.2. The van der Waals surface area contributed by atoms with E-state index in [1.807, 2.05) is 12.1 Å². The molecule has 5 heteroatoms. The van der Waals surface area contributed by atoms with E-state index in [0.717, 1.165) is 11.3 Å². The number of carbonyl (C=O) groups is 2. The minimum Gasteiger partial charge on any atom is -0.469 e. The van der Waals surface area contributed by atoms with Gasteiger partial charge in [-0.15, -0.1) is 11.3 Å². The fraction of sp³-hybridized carbons (Fsp3) is 0.538. The highest BCUT2D eigenvalue weighted by molar-refractivity contribution is 7.14. The third-order valence-electron chi connectivity index (χ3n) is 2.67. The number of hydrogen-bond acceptors (Lipinski definition) is 4. The molecule has 0 fully saturated rings. The molecule has 1 heterocycles. The van der Waals surface area contributed by atoms with Crippen LogP contribution < -0.4 is 0 Å². The predicted molar refractivity (Wildman–Crippen MR) is 71.9 cm³/mol. The summed E-state index contributed by atoms with van der Waals surface area (Å²) in [5, 5.41) is 0. The van der Waals surface area contributed by atoms with Crippen molar-refractivity contribution in [1.82, 2.24) is 4.90 Å². The van der Waals surface area contributed by atoms with Crippen molar-refractivity contribution in [3.05, 3.63) is 21.9 Å². The van der Waals surface area contributed by atoms with E-state index in [1.54, 1.807) is 11.9 Å². The molecule has 1 aromatic heterocycles. The highest BCUT2D eigenvalue weighted by atomic mass is 32.1. The average molecular weight is 269 g/mol. The monoisotopic (exact) mass is 269 g/mol. The van der Waals surface area contributed by atoms with E-state index in [2.05, 4.69) is 11.7 Å². The SMILES string of the molecule is CCc1ccc(C(=O)N(C)CCCC(=O)OC)s1. The second kappa shape index (κ2) is 7.16. The molecule has 1 amide bonds. The number of rotatable bonds is 6. The number of methoxy groups -OCH3 is 1. The maximum Gasteiger partial charge on any atom is 0.305 e. The third-order valence-corrected chi connectivity index (χ3v) is 3.89. The second-order valence-corrected chi connectivity index (χ2v) is 5.19. The molecular weight excluding hydrogens is 250 g/mol. The van der Waals surface area contributed by atoms with Crippen LogP contribution in [0.3, 0.4) is 0 Å². The maximum atomic E-state index is 12.0. The Hall–Kier alpha value is -1.36. The summed E-state index contributed by atoms with van der Waals surface area (Å²) < 4.78 is 4.55. The smallest absolute Gasteiger partial charge is 0.305 e. The van der Waals surface area contributed by atoms with Gasteiger partial charge in [-0.25, -0.2) is 0 Å². The average Bonchev–Trinajstić information content (AvgIpc) is 2.86. The lowest BCUT2D eigenvalue weighted by atomic mass is 10.3. The van der Waals surface area contributed by atoms with Crippen LogP contribution in [0, 0.1) is 0 Å². The van der Waals surface area contributed by atoms with Crippen LogP contribution in [0.15, 0.2) is 12.1 Å². The van der Waals surface area contributed by atoms with Crippen LogP contribution in [-0.4, -0.2) is 37.5 Å². The van der Waals surface area contributed by atoms with Crippen LogP contribution in [0.2, 0.25) is 0 Å². The van der Waals surface area contributed by atoms with Crippen molar-refractivity contribution >= 4 is 23.2 Å². The zero-order chi connectivity index (χ0) is 13.5. The Bertz CT molecular complexity index is 414. The Morgan fingerprint density at radius 2 is 2.11 bits per heavy atom. The molecule has 0 spiro atoms. The van der Waals surface area contributed by atoms with Crippen LogP contribution in [0.1, 0.15) is 34.3 Å². The van der Waals surface area contributed by atoms with E-state index in [1.165, 1.54) is 23.3 Å². The Labute approximate surface area is 112 Å². The third kappa shape index (κ3) is 4.14. The number of carbonyl (C=O) groups excluding carboxylic acids is 2. The summed E-state index contributed by atoms with van der Waals surface area (Å²) in [6, 6.07) is 3.85.